The first-order valence-corrected chi connectivity index (χ1v) is 25.4. The lowest BCUT2D eigenvalue weighted by Crippen LogP contribution is -2.27. The fourth-order valence-electron chi connectivity index (χ4n) is 10.9. The van der Waals surface area contributed by atoms with Crippen LogP contribution in [0.15, 0.2) is 121 Å². The smallest absolute Gasteiger partial charge is 0.166 e. The molecule has 5 aromatic heterocycles. The van der Waals surface area contributed by atoms with Crippen molar-refractivity contribution in [2.24, 2.45) is 0 Å². The van der Waals surface area contributed by atoms with Gasteiger partial charge in [0, 0.05) is 61.8 Å². The van der Waals surface area contributed by atoms with Crippen molar-refractivity contribution in [1.82, 2.24) is 64.4 Å². The maximum absolute atomic E-state index is 10.6. The average Bonchev–Trinajstić information content (AvgIpc) is 4.00. The van der Waals surface area contributed by atoms with Crippen LogP contribution >= 0.6 is 0 Å². The molecule has 0 saturated heterocycles. The molecule has 0 N–H and O–H groups in total. The Bertz CT molecular complexity index is 4140. The number of nitriles is 2. The molecule has 16 nitrogen and oxygen atoms in total. The lowest BCUT2D eigenvalue weighted by Gasteiger charge is -2.29. The highest BCUT2D eigenvalue weighted by atomic mass is 15.2. The largest absolute Gasteiger partial charge is 0.337 e. The maximum atomic E-state index is 10.6. The number of benzene rings is 6. The zero-order chi connectivity index (χ0) is 53.2. The summed E-state index contributed by atoms with van der Waals surface area (Å²) in [7, 11) is 0. The third-order valence-corrected chi connectivity index (χ3v) is 14.1. The van der Waals surface area contributed by atoms with Crippen LogP contribution in [0.25, 0.3) is 95.8 Å². The molecule has 6 heterocycles. The average molecular weight is 1010 g/mol. The first-order valence-electron chi connectivity index (χ1n) is 25.4. The number of hydrogen-bond acceptors (Lipinski definition) is 15. The van der Waals surface area contributed by atoms with Gasteiger partial charge in [-0.05, 0) is 151 Å². The van der Waals surface area contributed by atoms with E-state index in [2.05, 4.69) is 92.9 Å². The van der Waals surface area contributed by atoms with Gasteiger partial charge in [-0.2, -0.15) is 10.5 Å². The van der Waals surface area contributed by atoms with Crippen molar-refractivity contribution in [3.8, 4) is 86.2 Å². The minimum Gasteiger partial charge on any atom is -0.337 e. The number of aryl methyl sites for hydroxylation is 6. The maximum Gasteiger partial charge on any atom is 0.166 e. The molecule has 2 unspecified atom stereocenters. The topological polar surface area (TPSA) is 210 Å². The molecule has 77 heavy (non-hydrogen) atoms. The lowest BCUT2D eigenvalue weighted by atomic mass is 9.92. The van der Waals surface area contributed by atoms with Gasteiger partial charge in [-0.1, -0.05) is 37.3 Å². The second-order valence-corrected chi connectivity index (χ2v) is 19.3. The SMILES string of the molecule is CCC1c2cc(-c3nc(C)nc(C)n3)ccc2N(c2ccc(C#N)cc2-c2nc(-c3ccccc3)nc(-c3cc(C#N)ccc3-n3c4ccc(-c5nc(C)nc(C)n5)cc4c4cc(-c5nc(C)nc(C)n5)ccc43)n2)C1C. The summed E-state index contributed by atoms with van der Waals surface area (Å²) in [6, 6.07) is 44.6. The number of aromatic nitrogens is 13. The second-order valence-electron chi connectivity index (χ2n) is 19.3. The molecule has 2 atom stereocenters. The standard InChI is InChI=1S/C61H48N16/c1-9-45-32(2)76(51-22-17-42(27-46(45)51)57-67-33(3)64-34(4)68-57)54-20-15-39(30-62)25-49(54)60-73-56(41-13-11-10-12-14-41)74-61(75-60)50-26-40(31-63)16-21-55(50)77-52-23-18-43(58-69-35(5)65-36(6)70-58)28-47(52)48-29-44(19-24-53(48)77)59-71-37(7)66-38(8)72-59/h10-29,32,45H,9H2,1-8H3. The van der Waals surface area contributed by atoms with Gasteiger partial charge in [0.25, 0.3) is 0 Å². The monoisotopic (exact) mass is 1000 g/mol. The molecule has 0 radical (unpaired) electrons. The van der Waals surface area contributed by atoms with Gasteiger partial charge in [-0.25, -0.2) is 59.8 Å². The van der Waals surface area contributed by atoms with Gasteiger partial charge in [0.15, 0.2) is 34.9 Å². The van der Waals surface area contributed by atoms with E-state index in [-0.39, 0.29) is 12.0 Å². The first-order chi connectivity index (χ1) is 37.3. The number of nitrogens with zero attached hydrogens (tertiary/aromatic N) is 16. The van der Waals surface area contributed by atoms with Crippen molar-refractivity contribution in [3.05, 3.63) is 173 Å². The summed E-state index contributed by atoms with van der Waals surface area (Å²) in [6.45, 7) is 15.7. The van der Waals surface area contributed by atoms with Gasteiger partial charge in [-0.15, -0.1) is 0 Å². The van der Waals surface area contributed by atoms with E-state index in [1.165, 1.54) is 5.56 Å². The van der Waals surface area contributed by atoms with Gasteiger partial charge in [0.2, 0.25) is 0 Å². The van der Waals surface area contributed by atoms with Crippen molar-refractivity contribution in [1.29, 1.82) is 10.5 Å². The Kier molecular flexibility index (Phi) is 11.8. The van der Waals surface area contributed by atoms with E-state index < -0.39 is 0 Å². The molecule has 6 aromatic carbocycles. The lowest BCUT2D eigenvalue weighted by molar-refractivity contribution is 0.580. The van der Waals surface area contributed by atoms with E-state index in [4.69, 9.17) is 44.9 Å². The Morgan fingerprint density at radius 1 is 0.416 bits per heavy atom. The van der Waals surface area contributed by atoms with Crippen LogP contribution in [0, 0.1) is 64.2 Å². The van der Waals surface area contributed by atoms with Crippen LogP contribution in [0.1, 0.15) is 77.8 Å². The Labute approximate surface area is 444 Å². The molecule has 372 valence electrons. The van der Waals surface area contributed by atoms with Gasteiger partial charge in [0.05, 0.1) is 45.7 Å². The molecular formula is C61H48N16. The highest BCUT2D eigenvalue weighted by Crippen LogP contribution is 2.50. The molecule has 16 heteroatoms. The van der Waals surface area contributed by atoms with E-state index >= 15 is 0 Å². The summed E-state index contributed by atoms with van der Waals surface area (Å²) < 4.78 is 2.18. The summed E-state index contributed by atoms with van der Waals surface area (Å²) in [5.74, 6) is 6.85. The minimum absolute atomic E-state index is 0.000231. The minimum atomic E-state index is 0.000231. The Morgan fingerprint density at radius 3 is 1.31 bits per heavy atom. The summed E-state index contributed by atoms with van der Waals surface area (Å²) in [6.07, 6.45) is 0.875. The fraction of sp³-hybridized carbons (Fsp3) is 0.180. The molecule has 0 fully saturated rings. The Hall–Kier alpha value is -10.1. The highest BCUT2D eigenvalue weighted by Gasteiger charge is 2.37. The van der Waals surface area contributed by atoms with Crippen LogP contribution in [0.2, 0.25) is 0 Å². The molecule has 0 saturated carbocycles. The predicted molar refractivity (Wildman–Crippen MR) is 296 cm³/mol. The van der Waals surface area contributed by atoms with Gasteiger partial charge in [0.1, 0.15) is 34.9 Å². The van der Waals surface area contributed by atoms with E-state index in [1.807, 2.05) is 120 Å². The highest BCUT2D eigenvalue weighted by molar-refractivity contribution is 6.12. The zero-order valence-electron chi connectivity index (χ0n) is 43.6. The Balaban J connectivity index is 1.09. The van der Waals surface area contributed by atoms with Gasteiger partial charge in [-0.3, -0.25) is 0 Å². The van der Waals surface area contributed by atoms with Crippen molar-refractivity contribution in [2.75, 3.05) is 4.90 Å². The molecule has 0 spiro atoms. The Morgan fingerprint density at radius 2 is 0.831 bits per heavy atom. The normalized spacial score (nSPS) is 14.0. The summed E-state index contributed by atoms with van der Waals surface area (Å²) >= 11 is 0. The van der Waals surface area contributed by atoms with Crippen molar-refractivity contribution in [3.63, 3.8) is 0 Å². The molecule has 0 amide bonds. The zero-order valence-corrected chi connectivity index (χ0v) is 43.6. The number of fused-ring (bicyclic) bond motifs is 4. The second kappa shape index (κ2) is 19.0. The number of rotatable bonds is 9. The summed E-state index contributed by atoms with van der Waals surface area (Å²) in [4.78, 5) is 59.8. The van der Waals surface area contributed by atoms with E-state index in [9.17, 15) is 10.5 Å². The van der Waals surface area contributed by atoms with Crippen LogP contribution in [-0.4, -0.2) is 70.4 Å². The molecule has 11 aromatic rings. The van der Waals surface area contributed by atoms with Crippen molar-refractivity contribution in [2.45, 2.75) is 73.8 Å². The quantitative estimate of drug-likeness (QED) is 0.132. The number of hydrogen-bond donors (Lipinski definition) is 0. The van der Waals surface area contributed by atoms with E-state index in [0.29, 0.717) is 92.1 Å². The molecule has 12 rings (SSSR count). The van der Waals surface area contributed by atoms with Gasteiger partial charge < -0.3 is 9.47 Å². The third-order valence-electron chi connectivity index (χ3n) is 14.1. The predicted octanol–water partition coefficient (Wildman–Crippen LogP) is 12.2. The van der Waals surface area contributed by atoms with Crippen LogP contribution in [0.5, 0.6) is 0 Å². The summed E-state index contributed by atoms with van der Waals surface area (Å²) in [5, 5.41) is 22.9. The van der Waals surface area contributed by atoms with Crippen LogP contribution < -0.4 is 4.90 Å². The molecule has 0 aliphatic carbocycles. The van der Waals surface area contributed by atoms with Crippen LogP contribution in [0.3, 0.4) is 0 Å². The fourth-order valence-corrected chi connectivity index (χ4v) is 10.9. The molecular weight excluding hydrogens is 957 g/mol. The van der Waals surface area contributed by atoms with E-state index in [1.54, 1.807) is 0 Å². The van der Waals surface area contributed by atoms with E-state index in [0.717, 1.165) is 67.5 Å². The third kappa shape index (κ3) is 8.61. The first kappa shape index (κ1) is 47.9. The van der Waals surface area contributed by atoms with Crippen molar-refractivity contribution >= 4 is 33.2 Å². The van der Waals surface area contributed by atoms with Crippen molar-refractivity contribution < 1.29 is 0 Å². The molecule has 1 aliphatic rings. The number of anilines is 2. The van der Waals surface area contributed by atoms with Crippen LogP contribution in [-0.2, 0) is 0 Å². The summed E-state index contributed by atoms with van der Waals surface area (Å²) in [5.41, 5.74) is 10.9. The van der Waals surface area contributed by atoms with Gasteiger partial charge >= 0.3 is 0 Å². The van der Waals surface area contributed by atoms with Crippen LogP contribution in [0.4, 0.5) is 11.4 Å². The molecule has 0 bridgehead atoms. The molecule has 1 aliphatic heterocycles.